The van der Waals surface area contributed by atoms with Crippen LogP contribution in [0, 0.1) is 5.92 Å². The third kappa shape index (κ3) is 6.96. The highest BCUT2D eigenvalue weighted by Crippen LogP contribution is 2.19. The van der Waals surface area contributed by atoms with Gasteiger partial charge in [-0.1, -0.05) is 32.9 Å². The SMILES string of the molecule is CCNC(COC(C)CC(C)C)c1ccc(OCC)cc1. The van der Waals surface area contributed by atoms with Gasteiger partial charge in [0, 0.05) is 0 Å². The topological polar surface area (TPSA) is 30.5 Å². The smallest absolute Gasteiger partial charge is 0.119 e. The van der Waals surface area contributed by atoms with E-state index in [4.69, 9.17) is 9.47 Å². The molecule has 0 saturated heterocycles. The van der Waals surface area contributed by atoms with E-state index in [1.54, 1.807) is 0 Å². The van der Waals surface area contributed by atoms with E-state index in [-0.39, 0.29) is 6.04 Å². The van der Waals surface area contributed by atoms with Crippen molar-refractivity contribution in [2.24, 2.45) is 5.92 Å². The molecule has 0 radical (unpaired) electrons. The second kappa shape index (κ2) is 9.80. The van der Waals surface area contributed by atoms with E-state index in [9.17, 15) is 0 Å². The summed E-state index contributed by atoms with van der Waals surface area (Å²) in [7, 11) is 0. The molecule has 3 nitrogen and oxygen atoms in total. The van der Waals surface area contributed by atoms with Crippen molar-refractivity contribution in [2.45, 2.75) is 53.2 Å². The van der Waals surface area contributed by atoms with Crippen LogP contribution < -0.4 is 10.1 Å². The largest absolute Gasteiger partial charge is 0.494 e. The Morgan fingerprint density at radius 1 is 1.05 bits per heavy atom. The van der Waals surface area contributed by atoms with Gasteiger partial charge in [-0.2, -0.15) is 0 Å². The number of nitrogens with one attached hydrogen (secondary N) is 1. The molecule has 0 bridgehead atoms. The van der Waals surface area contributed by atoms with Gasteiger partial charge in [0.05, 0.1) is 25.4 Å². The second-order valence-corrected chi connectivity index (χ2v) is 5.89. The van der Waals surface area contributed by atoms with Crippen molar-refractivity contribution in [3.05, 3.63) is 29.8 Å². The van der Waals surface area contributed by atoms with Crippen LogP contribution in [-0.2, 0) is 4.74 Å². The van der Waals surface area contributed by atoms with Crippen molar-refractivity contribution in [1.82, 2.24) is 5.32 Å². The fraction of sp³-hybridized carbons (Fsp3) is 0.667. The van der Waals surface area contributed by atoms with E-state index in [1.807, 2.05) is 19.1 Å². The summed E-state index contributed by atoms with van der Waals surface area (Å²) in [5.41, 5.74) is 1.25. The third-order valence-corrected chi connectivity index (χ3v) is 3.39. The summed E-state index contributed by atoms with van der Waals surface area (Å²) in [6.07, 6.45) is 1.40. The molecule has 2 unspecified atom stereocenters. The van der Waals surface area contributed by atoms with Crippen molar-refractivity contribution in [1.29, 1.82) is 0 Å². The molecule has 1 aromatic rings. The van der Waals surface area contributed by atoms with E-state index in [2.05, 4.69) is 45.1 Å². The van der Waals surface area contributed by atoms with Crippen LogP contribution in [0.4, 0.5) is 0 Å². The fourth-order valence-electron chi connectivity index (χ4n) is 2.47. The van der Waals surface area contributed by atoms with Crippen LogP contribution in [0.25, 0.3) is 0 Å². The summed E-state index contributed by atoms with van der Waals surface area (Å²) in [4.78, 5) is 0. The molecule has 3 heteroatoms. The standard InChI is InChI=1S/C18H31NO2/c1-6-19-18(13-21-15(5)12-14(3)4)16-8-10-17(11-9-16)20-7-2/h8-11,14-15,18-19H,6-7,12-13H2,1-5H3. The molecule has 0 aliphatic carbocycles. The lowest BCUT2D eigenvalue weighted by atomic mass is 10.1. The maximum Gasteiger partial charge on any atom is 0.119 e. The van der Waals surface area contributed by atoms with E-state index in [1.165, 1.54) is 5.56 Å². The molecule has 0 fully saturated rings. The summed E-state index contributed by atoms with van der Waals surface area (Å²) in [5, 5.41) is 3.49. The molecule has 0 spiro atoms. The minimum absolute atomic E-state index is 0.236. The molecule has 1 N–H and O–H groups in total. The third-order valence-electron chi connectivity index (χ3n) is 3.39. The molecule has 1 aromatic carbocycles. The summed E-state index contributed by atoms with van der Waals surface area (Å²) < 4.78 is 11.5. The average molecular weight is 293 g/mol. The highest BCUT2D eigenvalue weighted by Gasteiger charge is 2.13. The highest BCUT2D eigenvalue weighted by atomic mass is 16.5. The van der Waals surface area contributed by atoms with Crippen molar-refractivity contribution in [3.8, 4) is 5.75 Å². The Morgan fingerprint density at radius 2 is 1.71 bits per heavy atom. The van der Waals surface area contributed by atoms with Crippen LogP contribution in [0.2, 0.25) is 0 Å². The van der Waals surface area contributed by atoms with Gasteiger partial charge in [-0.25, -0.2) is 0 Å². The minimum atomic E-state index is 0.236. The van der Waals surface area contributed by atoms with Gasteiger partial charge in [0.2, 0.25) is 0 Å². The van der Waals surface area contributed by atoms with Gasteiger partial charge in [0.15, 0.2) is 0 Å². The Morgan fingerprint density at radius 3 is 2.24 bits per heavy atom. The maximum atomic E-state index is 6.01. The van der Waals surface area contributed by atoms with Gasteiger partial charge in [0.25, 0.3) is 0 Å². The van der Waals surface area contributed by atoms with E-state index < -0.39 is 0 Å². The van der Waals surface area contributed by atoms with E-state index in [0.29, 0.717) is 25.2 Å². The number of likely N-dealkylation sites (N-methyl/N-ethyl adjacent to an activating group) is 1. The average Bonchev–Trinajstić information content (AvgIpc) is 2.44. The minimum Gasteiger partial charge on any atom is -0.494 e. The summed E-state index contributed by atoms with van der Waals surface area (Å²) >= 11 is 0. The molecule has 0 saturated carbocycles. The molecule has 0 aliphatic heterocycles. The molecule has 0 amide bonds. The van der Waals surface area contributed by atoms with Crippen LogP contribution in [0.3, 0.4) is 0 Å². The molecule has 1 rings (SSSR count). The monoisotopic (exact) mass is 293 g/mol. The fourth-order valence-corrected chi connectivity index (χ4v) is 2.47. The molecular formula is C18H31NO2. The summed E-state index contributed by atoms with van der Waals surface area (Å²) in [6, 6.07) is 8.53. The van der Waals surface area contributed by atoms with E-state index >= 15 is 0 Å². The Labute approximate surface area is 130 Å². The van der Waals surface area contributed by atoms with Gasteiger partial charge in [0.1, 0.15) is 5.75 Å². The van der Waals surface area contributed by atoms with Crippen LogP contribution in [0.15, 0.2) is 24.3 Å². The van der Waals surface area contributed by atoms with Crippen molar-refractivity contribution >= 4 is 0 Å². The lowest BCUT2D eigenvalue weighted by Crippen LogP contribution is -2.27. The Balaban J connectivity index is 2.59. The predicted octanol–water partition coefficient (Wildman–Crippen LogP) is 4.19. The first-order valence-corrected chi connectivity index (χ1v) is 8.14. The molecule has 2 atom stereocenters. The molecule has 0 aliphatic rings. The normalized spacial score (nSPS) is 14.2. The number of rotatable bonds is 10. The van der Waals surface area contributed by atoms with Crippen molar-refractivity contribution < 1.29 is 9.47 Å². The Bertz CT molecular complexity index is 375. The van der Waals surface area contributed by atoms with Crippen molar-refractivity contribution in [2.75, 3.05) is 19.8 Å². The van der Waals surface area contributed by atoms with Crippen LogP contribution in [-0.4, -0.2) is 25.9 Å². The van der Waals surface area contributed by atoms with Crippen LogP contribution >= 0.6 is 0 Å². The first-order chi connectivity index (χ1) is 10.1. The zero-order valence-electron chi connectivity index (χ0n) is 14.2. The summed E-state index contributed by atoms with van der Waals surface area (Å²) in [5.74, 6) is 1.59. The lowest BCUT2D eigenvalue weighted by Gasteiger charge is -2.22. The highest BCUT2D eigenvalue weighted by molar-refractivity contribution is 5.29. The second-order valence-electron chi connectivity index (χ2n) is 5.89. The predicted molar refractivity (Wildman–Crippen MR) is 88.9 cm³/mol. The number of ether oxygens (including phenoxy) is 2. The molecule has 0 aromatic heterocycles. The molecule has 0 heterocycles. The zero-order chi connectivity index (χ0) is 15.7. The zero-order valence-corrected chi connectivity index (χ0v) is 14.2. The van der Waals surface area contributed by atoms with Crippen molar-refractivity contribution in [3.63, 3.8) is 0 Å². The van der Waals surface area contributed by atoms with Crippen LogP contribution in [0.5, 0.6) is 5.75 Å². The molecule has 120 valence electrons. The van der Waals surface area contributed by atoms with E-state index in [0.717, 1.165) is 18.7 Å². The van der Waals surface area contributed by atoms with Gasteiger partial charge in [-0.05, 0) is 50.4 Å². The van der Waals surface area contributed by atoms with Gasteiger partial charge in [-0.3, -0.25) is 0 Å². The molecular weight excluding hydrogens is 262 g/mol. The van der Waals surface area contributed by atoms with Crippen LogP contribution in [0.1, 0.15) is 52.6 Å². The lowest BCUT2D eigenvalue weighted by molar-refractivity contribution is 0.0373. The molecule has 21 heavy (non-hydrogen) atoms. The maximum absolute atomic E-state index is 6.01. The van der Waals surface area contributed by atoms with Gasteiger partial charge in [-0.15, -0.1) is 0 Å². The number of benzene rings is 1. The number of hydrogen-bond donors (Lipinski definition) is 1. The Kier molecular flexibility index (Phi) is 8.40. The Hall–Kier alpha value is -1.06. The quantitative estimate of drug-likeness (QED) is 0.702. The van der Waals surface area contributed by atoms with Gasteiger partial charge < -0.3 is 14.8 Å². The number of hydrogen-bond acceptors (Lipinski definition) is 3. The van der Waals surface area contributed by atoms with Gasteiger partial charge >= 0.3 is 0 Å². The first kappa shape index (κ1) is 18.0. The summed E-state index contributed by atoms with van der Waals surface area (Å²) in [6.45, 7) is 13.1. The first-order valence-electron chi connectivity index (χ1n) is 8.14.